The summed E-state index contributed by atoms with van der Waals surface area (Å²) in [5.74, 6) is 0. The Bertz CT molecular complexity index is 605. The average Bonchev–Trinajstić information content (AvgIpc) is 2.47. The van der Waals surface area contributed by atoms with Crippen LogP contribution in [0.4, 0.5) is 0 Å². The van der Waals surface area contributed by atoms with Gasteiger partial charge in [-0.05, 0) is 43.4 Å². The summed E-state index contributed by atoms with van der Waals surface area (Å²) in [6.45, 7) is 4.23. The minimum absolute atomic E-state index is 0.752. The third-order valence-corrected chi connectivity index (χ3v) is 3.32. The fraction of sp³-hybridized carbons (Fsp3) is 0.211. The summed E-state index contributed by atoms with van der Waals surface area (Å²) in [7, 11) is 0. The van der Waals surface area contributed by atoms with Crippen LogP contribution in [0.1, 0.15) is 36.2 Å². The van der Waals surface area contributed by atoms with Crippen LogP contribution >= 0.6 is 0 Å². The van der Waals surface area contributed by atoms with Gasteiger partial charge in [0.1, 0.15) is 0 Å². The molecule has 2 rings (SSSR count). The van der Waals surface area contributed by atoms with Crippen LogP contribution in [-0.4, -0.2) is 6.29 Å². The van der Waals surface area contributed by atoms with E-state index in [9.17, 15) is 4.79 Å². The summed E-state index contributed by atoms with van der Waals surface area (Å²) >= 11 is 0. The van der Waals surface area contributed by atoms with Crippen LogP contribution in [-0.2, 0) is 6.42 Å². The quantitative estimate of drug-likeness (QED) is 0.544. The molecular weight excluding hydrogens is 244 g/mol. The Morgan fingerprint density at radius 2 is 1.80 bits per heavy atom. The van der Waals surface area contributed by atoms with Crippen molar-refractivity contribution < 1.29 is 4.79 Å². The van der Waals surface area contributed by atoms with Crippen molar-refractivity contribution in [3.63, 3.8) is 0 Å². The van der Waals surface area contributed by atoms with Gasteiger partial charge in [-0.3, -0.25) is 4.79 Å². The van der Waals surface area contributed by atoms with Crippen molar-refractivity contribution >= 4 is 6.29 Å². The van der Waals surface area contributed by atoms with Gasteiger partial charge in [0.25, 0.3) is 0 Å². The molecule has 0 saturated carbocycles. The number of carbonyl (C=O) groups is 1. The minimum atomic E-state index is 0.752. The molecule has 2 aromatic rings. The van der Waals surface area contributed by atoms with Gasteiger partial charge in [0.2, 0.25) is 0 Å². The Kier molecular flexibility index (Phi) is 4.89. The maximum atomic E-state index is 11.2. The number of aldehydes is 1. The number of hydrogen-bond acceptors (Lipinski definition) is 1. The standard InChI is InChI=1S/C19H20O/c1-15(2)7-6-8-16-11-12-18(14-20)19(13-16)17-9-4-3-5-10-17/h3-5,7,9-14H,6,8H2,1-2H3. The Morgan fingerprint density at radius 3 is 2.45 bits per heavy atom. The van der Waals surface area contributed by atoms with Gasteiger partial charge >= 0.3 is 0 Å². The predicted molar refractivity (Wildman–Crippen MR) is 85.0 cm³/mol. The Morgan fingerprint density at radius 1 is 1.05 bits per heavy atom. The topological polar surface area (TPSA) is 17.1 Å². The van der Waals surface area contributed by atoms with Gasteiger partial charge < -0.3 is 0 Å². The third kappa shape index (κ3) is 3.67. The highest BCUT2D eigenvalue weighted by Crippen LogP contribution is 2.24. The molecule has 0 N–H and O–H groups in total. The summed E-state index contributed by atoms with van der Waals surface area (Å²) in [6, 6.07) is 16.2. The summed E-state index contributed by atoms with van der Waals surface area (Å²) in [5.41, 5.74) is 5.49. The lowest BCUT2D eigenvalue weighted by atomic mass is 9.96. The van der Waals surface area contributed by atoms with E-state index in [4.69, 9.17) is 0 Å². The van der Waals surface area contributed by atoms with Crippen molar-refractivity contribution in [1.29, 1.82) is 0 Å². The van der Waals surface area contributed by atoms with Crippen molar-refractivity contribution in [3.05, 3.63) is 71.3 Å². The molecule has 0 aliphatic carbocycles. The van der Waals surface area contributed by atoms with E-state index in [0.29, 0.717) is 0 Å². The lowest BCUT2D eigenvalue weighted by molar-refractivity contribution is 0.112. The SMILES string of the molecule is CC(C)=CCCc1ccc(C=O)c(-c2ccccc2)c1. The maximum Gasteiger partial charge on any atom is 0.150 e. The molecule has 0 spiro atoms. The second kappa shape index (κ2) is 6.85. The number of rotatable bonds is 5. The fourth-order valence-electron chi connectivity index (χ4n) is 2.26. The lowest BCUT2D eigenvalue weighted by Gasteiger charge is -2.08. The molecule has 0 atom stereocenters. The maximum absolute atomic E-state index is 11.2. The fourth-order valence-corrected chi connectivity index (χ4v) is 2.26. The molecule has 0 aliphatic rings. The first-order chi connectivity index (χ1) is 9.70. The molecule has 0 aromatic heterocycles. The van der Waals surface area contributed by atoms with Gasteiger partial charge in [-0.1, -0.05) is 60.2 Å². The molecule has 0 bridgehead atoms. The van der Waals surface area contributed by atoms with Crippen LogP contribution in [0.3, 0.4) is 0 Å². The van der Waals surface area contributed by atoms with Crippen molar-refractivity contribution in [2.75, 3.05) is 0 Å². The number of benzene rings is 2. The van der Waals surface area contributed by atoms with Gasteiger partial charge in [-0.15, -0.1) is 0 Å². The molecule has 0 amide bonds. The van der Waals surface area contributed by atoms with E-state index in [1.807, 2.05) is 36.4 Å². The van der Waals surface area contributed by atoms with E-state index in [1.165, 1.54) is 11.1 Å². The monoisotopic (exact) mass is 264 g/mol. The molecular formula is C19H20O. The largest absolute Gasteiger partial charge is 0.298 e. The second-order valence-electron chi connectivity index (χ2n) is 5.23. The normalized spacial score (nSPS) is 10.1. The molecule has 2 aromatic carbocycles. The van der Waals surface area contributed by atoms with E-state index in [-0.39, 0.29) is 0 Å². The number of hydrogen-bond donors (Lipinski definition) is 0. The second-order valence-corrected chi connectivity index (χ2v) is 5.23. The first-order valence-electron chi connectivity index (χ1n) is 6.97. The summed E-state index contributed by atoms with van der Waals surface area (Å²) in [6.07, 6.45) is 5.22. The number of allylic oxidation sites excluding steroid dienone is 2. The van der Waals surface area contributed by atoms with E-state index in [2.05, 4.69) is 32.1 Å². The van der Waals surface area contributed by atoms with E-state index < -0.39 is 0 Å². The van der Waals surface area contributed by atoms with E-state index in [0.717, 1.165) is 35.8 Å². The van der Waals surface area contributed by atoms with E-state index in [1.54, 1.807) is 0 Å². The number of aryl methyl sites for hydroxylation is 1. The molecule has 0 radical (unpaired) electrons. The summed E-state index contributed by atoms with van der Waals surface area (Å²) in [5, 5.41) is 0. The molecule has 20 heavy (non-hydrogen) atoms. The van der Waals surface area contributed by atoms with Crippen LogP contribution in [0.5, 0.6) is 0 Å². The Balaban J connectivity index is 2.30. The van der Waals surface area contributed by atoms with Gasteiger partial charge in [-0.25, -0.2) is 0 Å². The lowest BCUT2D eigenvalue weighted by Crippen LogP contribution is -1.91. The highest BCUT2D eigenvalue weighted by molar-refractivity contribution is 5.87. The van der Waals surface area contributed by atoms with Crippen molar-refractivity contribution in [1.82, 2.24) is 0 Å². The Hall–Kier alpha value is -2.15. The summed E-state index contributed by atoms with van der Waals surface area (Å²) < 4.78 is 0. The molecule has 0 fully saturated rings. The van der Waals surface area contributed by atoms with E-state index >= 15 is 0 Å². The van der Waals surface area contributed by atoms with Gasteiger partial charge in [-0.2, -0.15) is 0 Å². The third-order valence-electron chi connectivity index (χ3n) is 3.32. The first-order valence-corrected chi connectivity index (χ1v) is 6.97. The first kappa shape index (κ1) is 14.3. The molecule has 0 aliphatic heterocycles. The van der Waals surface area contributed by atoms with Gasteiger partial charge in [0, 0.05) is 5.56 Å². The van der Waals surface area contributed by atoms with Gasteiger partial charge in [0.05, 0.1) is 0 Å². The molecule has 1 nitrogen and oxygen atoms in total. The van der Waals surface area contributed by atoms with Crippen LogP contribution in [0, 0.1) is 0 Å². The van der Waals surface area contributed by atoms with Crippen LogP contribution in [0.25, 0.3) is 11.1 Å². The van der Waals surface area contributed by atoms with Crippen LogP contribution < -0.4 is 0 Å². The highest BCUT2D eigenvalue weighted by Gasteiger charge is 2.05. The molecule has 0 saturated heterocycles. The zero-order chi connectivity index (χ0) is 14.4. The highest BCUT2D eigenvalue weighted by atomic mass is 16.1. The van der Waals surface area contributed by atoms with Crippen molar-refractivity contribution in [2.45, 2.75) is 26.7 Å². The number of carbonyl (C=O) groups excluding carboxylic acids is 1. The van der Waals surface area contributed by atoms with Crippen molar-refractivity contribution in [3.8, 4) is 11.1 Å². The Labute approximate surface area is 121 Å². The molecule has 102 valence electrons. The predicted octanol–water partition coefficient (Wildman–Crippen LogP) is 5.06. The molecule has 0 heterocycles. The summed E-state index contributed by atoms with van der Waals surface area (Å²) in [4.78, 5) is 11.2. The minimum Gasteiger partial charge on any atom is -0.298 e. The smallest absolute Gasteiger partial charge is 0.150 e. The molecule has 0 unspecified atom stereocenters. The van der Waals surface area contributed by atoms with Crippen LogP contribution in [0.15, 0.2) is 60.2 Å². The molecule has 1 heteroatoms. The zero-order valence-corrected chi connectivity index (χ0v) is 12.1. The van der Waals surface area contributed by atoms with Gasteiger partial charge in [0.15, 0.2) is 6.29 Å². The zero-order valence-electron chi connectivity index (χ0n) is 12.1. The van der Waals surface area contributed by atoms with Crippen molar-refractivity contribution in [2.24, 2.45) is 0 Å². The average molecular weight is 264 g/mol. The van der Waals surface area contributed by atoms with Crippen LogP contribution in [0.2, 0.25) is 0 Å².